The van der Waals surface area contributed by atoms with Crippen LogP contribution in [0.25, 0.3) is 0 Å². The molecule has 2 aromatic rings. The number of aryl methyl sites for hydroxylation is 1. The molecule has 4 nitrogen and oxygen atoms in total. The highest BCUT2D eigenvalue weighted by Crippen LogP contribution is 2.12. The van der Waals surface area contributed by atoms with E-state index >= 15 is 0 Å². The van der Waals surface area contributed by atoms with Crippen molar-refractivity contribution in [2.75, 3.05) is 0 Å². The van der Waals surface area contributed by atoms with Gasteiger partial charge >= 0.3 is 0 Å². The van der Waals surface area contributed by atoms with Crippen LogP contribution in [0.1, 0.15) is 15.9 Å². The Labute approximate surface area is 131 Å². The number of benzene rings is 2. The molecular weight excluding hydrogens is 389 g/mol. The predicted octanol–water partition coefficient (Wildman–Crippen LogP) is 2.72. The van der Waals surface area contributed by atoms with E-state index in [1.165, 1.54) is 12.1 Å². The van der Waals surface area contributed by atoms with Gasteiger partial charge in [0.25, 0.3) is 15.9 Å². The predicted molar refractivity (Wildman–Crippen MR) is 85.0 cm³/mol. The lowest BCUT2D eigenvalue weighted by Crippen LogP contribution is -2.30. The van der Waals surface area contributed by atoms with Crippen LogP contribution in [0.15, 0.2) is 53.4 Å². The average Bonchev–Trinajstić information content (AvgIpc) is 2.39. The largest absolute Gasteiger partial charge is 0.268 e. The second-order valence-electron chi connectivity index (χ2n) is 4.25. The Kier molecular flexibility index (Phi) is 4.44. The van der Waals surface area contributed by atoms with Crippen molar-refractivity contribution in [2.24, 2.45) is 0 Å². The highest BCUT2D eigenvalue weighted by molar-refractivity contribution is 14.1. The summed E-state index contributed by atoms with van der Waals surface area (Å²) < 4.78 is 27.2. The van der Waals surface area contributed by atoms with Gasteiger partial charge in [0.15, 0.2) is 0 Å². The molecule has 0 heterocycles. The molecule has 20 heavy (non-hydrogen) atoms. The second kappa shape index (κ2) is 5.92. The summed E-state index contributed by atoms with van der Waals surface area (Å²) in [6, 6.07) is 13.0. The third kappa shape index (κ3) is 3.57. The second-order valence-corrected chi connectivity index (χ2v) is 7.18. The maximum Gasteiger partial charge on any atom is 0.264 e. The van der Waals surface area contributed by atoms with Gasteiger partial charge in [-0.15, -0.1) is 0 Å². The van der Waals surface area contributed by atoms with Gasteiger partial charge in [0.1, 0.15) is 0 Å². The minimum Gasteiger partial charge on any atom is -0.268 e. The highest BCUT2D eigenvalue weighted by atomic mass is 127. The molecule has 0 aliphatic heterocycles. The maximum atomic E-state index is 12.1. The van der Waals surface area contributed by atoms with Crippen LogP contribution in [0.4, 0.5) is 0 Å². The van der Waals surface area contributed by atoms with Gasteiger partial charge in [-0.25, -0.2) is 13.1 Å². The molecule has 6 heteroatoms. The number of amides is 1. The first kappa shape index (κ1) is 15.0. The normalized spacial score (nSPS) is 11.1. The van der Waals surface area contributed by atoms with Gasteiger partial charge in [-0.05, 0) is 65.9 Å². The van der Waals surface area contributed by atoms with Crippen LogP contribution >= 0.6 is 22.6 Å². The summed E-state index contributed by atoms with van der Waals surface area (Å²) in [5, 5.41) is 0. The van der Waals surface area contributed by atoms with Crippen molar-refractivity contribution in [3.8, 4) is 0 Å². The van der Waals surface area contributed by atoms with Gasteiger partial charge in [0.2, 0.25) is 0 Å². The zero-order chi connectivity index (χ0) is 14.8. The zero-order valence-electron chi connectivity index (χ0n) is 10.6. The Morgan fingerprint density at radius 2 is 1.55 bits per heavy atom. The summed E-state index contributed by atoms with van der Waals surface area (Å²) in [7, 11) is -3.84. The van der Waals surface area contributed by atoms with E-state index in [2.05, 4.69) is 27.3 Å². The lowest BCUT2D eigenvalue weighted by molar-refractivity contribution is 0.0981. The van der Waals surface area contributed by atoms with Crippen LogP contribution in [0.5, 0.6) is 0 Å². The van der Waals surface area contributed by atoms with Crippen LogP contribution in [0.3, 0.4) is 0 Å². The molecule has 0 aliphatic rings. The van der Waals surface area contributed by atoms with E-state index in [9.17, 15) is 13.2 Å². The molecule has 0 atom stereocenters. The zero-order valence-corrected chi connectivity index (χ0v) is 13.6. The molecule has 0 bridgehead atoms. The fourth-order valence-corrected chi connectivity index (χ4v) is 2.89. The first-order valence-corrected chi connectivity index (χ1v) is 8.34. The van der Waals surface area contributed by atoms with Crippen LogP contribution in [0.2, 0.25) is 0 Å². The van der Waals surface area contributed by atoms with Crippen molar-refractivity contribution >= 4 is 38.5 Å². The molecule has 0 radical (unpaired) electrons. The van der Waals surface area contributed by atoms with E-state index < -0.39 is 15.9 Å². The minimum atomic E-state index is -3.84. The fraction of sp³-hybridized carbons (Fsp3) is 0.0714. The van der Waals surface area contributed by atoms with E-state index in [1.807, 2.05) is 6.92 Å². The van der Waals surface area contributed by atoms with E-state index in [4.69, 9.17) is 0 Å². The molecule has 1 amide bonds. The van der Waals surface area contributed by atoms with E-state index in [0.717, 1.165) is 9.13 Å². The van der Waals surface area contributed by atoms with Crippen molar-refractivity contribution in [3.05, 3.63) is 63.2 Å². The topological polar surface area (TPSA) is 63.2 Å². The summed E-state index contributed by atoms with van der Waals surface area (Å²) in [5.74, 6) is -0.637. The number of rotatable bonds is 3. The third-order valence-electron chi connectivity index (χ3n) is 2.66. The van der Waals surface area contributed by atoms with Gasteiger partial charge in [-0.3, -0.25) is 4.79 Å². The lowest BCUT2D eigenvalue weighted by atomic mass is 10.2. The first-order chi connectivity index (χ1) is 9.38. The Balaban J connectivity index is 2.22. The fourth-order valence-electron chi connectivity index (χ4n) is 1.56. The molecule has 1 N–H and O–H groups in total. The smallest absolute Gasteiger partial charge is 0.264 e. The van der Waals surface area contributed by atoms with Crippen LogP contribution in [-0.4, -0.2) is 14.3 Å². The quantitative estimate of drug-likeness (QED) is 0.805. The molecule has 2 aromatic carbocycles. The third-order valence-corrected chi connectivity index (χ3v) is 4.73. The highest BCUT2D eigenvalue weighted by Gasteiger charge is 2.18. The maximum absolute atomic E-state index is 12.1. The number of sulfonamides is 1. The molecular formula is C14H12INO3S. The number of hydrogen-bond acceptors (Lipinski definition) is 3. The van der Waals surface area contributed by atoms with E-state index in [-0.39, 0.29) is 4.90 Å². The van der Waals surface area contributed by atoms with Crippen molar-refractivity contribution in [3.63, 3.8) is 0 Å². The van der Waals surface area contributed by atoms with Gasteiger partial charge in [0, 0.05) is 9.13 Å². The standard InChI is InChI=1S/C14H12INO3S/c1-10-2-8-13(9-3-10)20(18,19)16-14(17)11-4-6-12(15)7-5-11/h2-9H,1H3,(H,16,17). The Morgan fingerprint density at radius 3 is 2.10 bits per heavy atom. The Hall–Kier alpha value is -1.41. The van der Waals surface area contributed by atoms with Crippen molar-refractivity contribution in [1.29, 1.82) is 0 Å². The summed E-state index contributed by atoms with van der Waals surface area (Å²) in [4.78, 5) is 12.0. The number of carbonyl (C=O) groups is 1. The molecule has 0 saturated carbocycles. The monoisotopic (exact) mass is 401 g/mol. The van der Waals surface area contributed by atoms with E-state index in [1.54, 1.807) is 36.4 Å². The molecule has 0 saturated heterocycles. The summed E-state index contributed by atoms with van der Waals surface area (Å²) in [6.07, 6.45) is 0. The molecule has 0 aromatic heterocycles. The van der Waals surface area contributed by atoms with Crippen molar-refractivity contribution < 1.29 is 13.2 Å². The molecule has 0 spiro atoms. The summed E-state index contributed by atoms with van der Waals surface area (Å²) in [6.45, 7) is 1.86. The van der Waals surface area contributed by atoms with E-state index in [0.29, 0.717) is 5.56 Å². The molecule has 0 unspecified atom stereocenters. The summed E-state index contributed by atoms with van der Waals surface area (Å²) >= 11 is 2.11. The lowest BCUT2D eigenvalue weighted by Gasteiger charge is -2.07. The Morgan fingerprint density at radius 1 is 1.00 bits per heavy atom. The Bertz CT molecular complexity index is 722. The number of hydrogen-bond donors (Lipinski definition) is 1. The average molecular weight is 401 g/mol. The van der Waals surface area contributed by atoms with Crippen LogP contribution in [-0.2, 0) is 10.0 Å². The molecule has 104 valence electrons. The van der Waals surface area contributed by atoms with Crippen LogP contribution < -0.4 is 4.72 Å². The first-order valence-electron chi connectivity index (χ1n) is 5.78. The number of nitrogens with one attached hydrogen (secondary N) is 1. The molecule has 0 fully saturated rings. The van der Waals surface area contributed by atoms with Crippen LogP contribution in [0, 0.1) is 10.5 Å². The molecule has 0 aliphatic carbocycles. The molecule has 2 rings (SSSR count). The SMILES string of the molecule is Cc1ccc(S(=O)(=O)NC(=O)c2ccc(I)cc2)cc1. The summed E-state index contributed by atoms with van der Waals surface area (Å²) in [5.41, 5.74) is 1.26. The van der Waals surface area contributed by atoms with Gasteiger partial charge in [-0.1, -0.05) is 17.7 Å². The minimum absolute atomic E-state index is 0.0713. The van der Waals surface area contributed by atoms with Crippen molar-refractivity contribution in [1.82, 2.24) is 4.72 Å². The number of halogens is 1. The number of carbonyl (C=O) groups excluding carboxylic acids is 1. The van der Waals surface area contributed by atoms with Gasteiger partial charge in [-0.2, -0.15) is 0 Å². The van der Waals surface area contributed by atoms with Crippen molar-refractivity contribution in [2.45, 2.75) is 11.8 Å². The van der Waals surface area contributed by atoms with Gasteiger partial charge < -0.3 is 0 Å². The van der Waals surface area contributed by atoms with Gasteiger partial charge in [0.05, 0.1) is 4.90 Å².